The van der Waals surface area contributed by atoms with Crippen LogP contribution in [0.1, 0.15) is 0 Å². The van der Waals surface area contributed by atoms with Crippen LogP contribution in [-0.4, -0.2) is 44.3 Å². The van der Waals surface area contributed by atoms with Crippen molar-refractivity contribution in [2.24, 2.45) is 0 Å². The summed E-state index contributed by atoms with van der Waals surface area (Å²) in [4.78, 5) is 4.30. The molecule has 3 heterocycles. The third kappa shape index (κ3) is 2.63. The molecule has 0 amide bonds. The fourth-order valence-electron chi connectivity index (χ4n) is 1.73. The molecule has 0 aromatic carbocycles. The molecule has 0 aliphatic rings. The molecular formula is C13H13N5OS. The Bertz CT molecular complexity index is 700. The van der Waals surface area contributed by atoms with Gasteiger partial charge in [0.05, 0.1) is 12.3 Å². The number of nitrogens with zero attached hydrogens (tertiary/aromatic N) is 5. The molecule has 102 valence electrons. The van der Waals surface area contributed by atoms with Gasteiger partial charge in [-0.05, 0) is 24.3 Å². The van der Waals surface area contributed by atoms with Crippen molar-refractivity contribution < 1.29 is 4.74 Å². The Morgan fingerprint density at radius 1 is 1.15 bits per heavy atom. The number of pyridine rings is 1. The summed E-state index contributed by atoms with van der Waals surface area (Å²) in [5, 5.41) is 13.6. The van der Waals surface area contributed by atoms with E-state index in [1.54, 1.807) is 29.6 Å². The molecule has 0 saturated carbocycles. The molecule has 0 spiro atoms. The Balaban J connectivity index is 1.95. The lowest BCUT2D eigenvalue weighted by Crippen LogP contribution is -1.99. The average Bonchev–Trinajstić information content (AvgIpc) is 2.91. The summed E-state index contributed by atoms with van der Waals surface area (Å²) in [6.07, 6.45) is 1.75. The van der Waals surface area contributed by atoms with E-state index in [4.69, 9.17) is 4.74 Å². The predicted molar refractivity (Wildman–Crippen MR) is 76.6 cm³/mol. The number of hydrogen-bond donors (Lipinski definition) is 0. The highest BCUT2D eigenvalue weighted by Gasteiger charge is 2.09. The second-order valence-electron chi connectivity index (χ2n) is 4.03. The van der Waals surface area contributed by atoms with Crippen LogP contribution in [0.2, 0.25) is 0 Å². The molecule has 6 nitrogen and oxygen atoms in total. The minimum absolute atomic E-state index is 0.666. The van der Waals surface area contributed by atoms with Crippen molar-refractivity contribution in [3.05, 3.63) is 36.5 Å². The lowest BCUT2D eigenvalue weighted by molar-refractivity contribution is 0.218. The molecule has 3 aromatic heterocycles. The van der Waals surface area contributed by atoms with E-state index < -0.39 is 0 Å². The van der Waals surface area contributed by atoms with Gasteiger partial charge in [0.1, 0.15) is 5.69 Å². The highest BCUT2D eigenvalue weighted by atomic mass is 32.2. The average molecular weight is 287 g/mol. The van der Waals surface area contributed by atoms with Gasteiger partial charge in [-0.3, -0.25) is 4.98 Å². The van der Waals surface area contributed by atoms with Crippen LogP contribution >= 0.6 is 11.8 Å². The number of ether oxygens (including phenoxy) is 1. The van der Waals surface area contributed by atoms with Crippen molar-refractivity contribution in [3.63, 3.8) is 0 Å². The van der Waals surface area contributed by atoms with Crippen molar-refractivity contribution in [1.82, 2.24) is 24.8 Å². The van der Waals surface area contributed by atoms with Crippen LogP contribution in [0.5, 0.6) is 0 Å². The van der Waals surface area contributed by atoms with Crippen molar-refractivity contribution in [2.45, 2.75) is 5.16 Å². The Kier molecular flexibility index (Phi) is 3.89. The summed E-state index contributed by atoms with van der Waals surface area (Å²) in [5.74, 6) is 0.812. The molecule has 0 aliphatic heterocycles. The Morgan fingerprint density at radius 2 is 2.10 bits per heavy atom. The summed E-state index contributed by atoms with van der Waals surface area (Å²) in [5.41, 5.74) is 2.35. The van der Waals surface area contributed by atoms with Gasteiger partial charge in [-0.15, -0.1) is 10.2 Å². The third-order valence-corrected chi connectivity index (χ3v) is 3.56. The van der Waals surface area contributed by atoms with Crippen molar-refractivity contribution in [1.29, 1.82) is 0 Å². The number of hydrogen-bond acceptors (Lipinski definition) is 6. The minimum atomic E-state index is 0.666. The first-order valence-electron chi connectivity index (χ1n) is 6.14. The van der Waals surface area contributed by atoms with Gasteiger partial charge in [-0.1, -0.05) is 17.8 Å². The van der Waals surface area contributed by atoms with Gasteiger partial charge in [0.2, 0.25) is 5.16 Å². The van der Waals surface area contributed by atoms with Crippen LogP contribution in [0.25, 0.3) is 17.0 Å². The molecule has 0 fully saturated rings. The highest BCUT2D eigenvalue weighted by molar-refractivity contribution is 7.99. The SMILES string of the molecule is COCCSc1nnc2ccc(-c3ccccn3)nn12. The second-order valence-corrected chi connectivity index (χ2v) is 5.09. The lowest BCUT2D eigenvalue weighted by Gasteiger charge is -2.02. The van der Waals surface area contributed by atoms with E-state index >= 15 is 0 Å². The van der Waals surface area contributed by atoms with Gasteiger partial charge < -0.3 is 4.74 Å². The molecule has 0 saturated heterocycles. The first-order valence-corrected chi connectivity index (χ1v) is 7.12. The van der Waals surface area contributed by atoms with Crippen LogP contribution in [0, 0.1) is 0 Å². The number of fused-ring (bicyclic) bond motifs is 1. The molecule has 0 unspecified atom stereocenters. The standard InChI is InChI=1S/C13H13N5OS/c1-19-8-9-20-13-16-15-12-6-5-11(17-18(12)13)10-4-2-3-7-14-10/h2-7H,8-9H2,1H3. The first-order chi connectivity index (χ1) is 9.88. The van der Waals surface area contributed by atoms with Gasteiger partial charge in [-0.25, -0.2) is 0 Å². The van der Waals surface area contributed by atoms with Gasteiger partial charge in [0, 0.05) is 19.1 Å². The molecular weight excluding hydrogens is 274 g/mol. The normalized spacial score (nSPS) is 11.1. The second kappa shape index (κ2) is 5.98. The van der Waals surface area contributed by atoms with Crippen LogP contribution in [0.15, 0.2) is 41.7 Å². The van der Waals surface area contributed by atoms with E-state index in [0.29, 0.717) is 6.61 Å². The summed E-state index contributed by atoms with van der Waals surface area (Å²) in [6, 6.07) is 9.54. The summed E-state index contributed by atoms with van der Waals surface area (Å²) in [7, 11) is 1.68. The number of thioether (sulfide) groups is 1. The molecule has 0 radical (unpaired) electrons. The number of aromatic nitrogens is 5. The van der Waals surface area contributed by atoms with E-state index in [1.165, 1.54) is 0 Å². The fraction of sp³-hybridized carbons (Fsp3) is 0.231. The summed E-state index contributed by atoms with van der Waals surface area (Å²) >= 11 is 1.57. The van der Waals surface area contributed by atoms with Crippen LogP contribution in [0.4, 0.5) is 0 Å². The topological polar surface area (TPSA) is 65.2 Å². The zero-order chi connectivity index (χ0) is 13.8. The van der Waals surface area contributed by atoms with Crippen LogP contribution in [-0.2, 0) is 4.74 Å². The van der Waals surface area contributed by atoms with Crippen molar-refractivity contribution in [3.8, 4) is 11.4 Å². The fourth-order valence-corrected chi connectivity index (χ4v) is 2.51. The quantitative estimate of drug-likeness (QED) is 0.527. The zero-order valence-corrected chi connectivity index (χ0v) is 11.7. The Morgan fingerprint density at radius 3 is 2.90 bits per heavy atom. The van der Waals surface area contributed by atoms with E-state index in [2.05, 4.69) is 20.3 Å². The monoisotopic (exact) mass is 287 g/mol. The maximum absolute atomic E-state index is 5.04. The maximum Gasteiger partial charge on any atom is 0.212 e. The number of rotatable bonds is 5. The molecule has 20 heavy (non-hydrogen) atoms. The largest absolute Gasteiger partial charge is 0.384 e. The molecule has 3 rings (SSSR count). The molecule has 0 atom stereocenters. The van der Waals surface area contributed by atoms with Gasteiger partial charge in [0.15, 0.2) is 5.65 Å². The van der Waals surface area contributed by atoms with Crippen molar-refractivity contribution >= 4 is 17.4 Å². The first kappa shape index (κ1) is 13.0. The van der Waals surface area contributed by atoms with Crippen LogP contribution < -0.4 is 0 Å². The molecule has 0 aliphatic carbocycles. The van der Waals surface area contributed by atoms with E-state index in [9.17, 15) is 0 Å². The van der Waals surface area contributed by atoms with Gasteiger partial charge in [0.25, 0.3) is 0 Å². The number of methoxy groups -OCH3 is 1. The minimum Gasteiger partial charge on any atom is -0.384 e. The lowest BCUT2D eigenvalue weighted by atomic mass is 10.2. The molecule has 0 bridgehead atoms. The molecule has 7 heteroatoms. The Labute approximate surface area is 120 Å². The zero-order valence-electron chi connectivity index (χ0n) is 10.9. The van der Waals surface area contributed by atoms with Gasteiger partial charge in [-0.2, -0.15) is 9.61 Å². The predicted octanol–water partition coefficient (Wildman–Crippen LogP) is 1.92. The third-order valence-electron chi connectivity index (χ3n) is 2.68. The smallest absolute Gasteiger partial charge is 0.212 e. The van der Waals surface area contributed by atoms with E-state index in [1.807, 2.05) is 30.3 Å². The Hall–Kier alpha value is -1.99. The summed E-state index contributed by atoms with van der Waals surface area (Å²) in [6.45, 7) is 0.666. The summed E-state index contributed by atoms with van der Waals surface area (Å²) < 4.78 is 6.78. The maximum atomic E-state index is 5.04. The molecule has 3 aromatic rings. The van der Waals surface area contributed by atoms with Crippen molar-refractivity contribution in [2.75, 3.05) is 19.5 Å². The van der Waals surface area contributed by atoms with Crippen LogP contribution in [0.3, 0.4) is 0 Å². The highest BCUT2D eigenvalue weighted by Crippen LogP contribution is 2.18. The van der Waals surface area contributed by atoms with E-state index in [0.717, 1.165) is 27.9 Å². The molecule has 0 N–H and O–H groups in total. The van der Waals surface area contributed by atoms with Gasteiger partial charge >= 0.3 is 0 Å². The van der Waals surface area contributed by atoms with E-state index in [-0.39, 0.29) is 0 Å².